The monoisotopic (exact) mass is 386 g/mol. The number of aryl methyl sites for hydroxylation is 2. The summed E-state index contributed by atoms with van der Waals surface area (Å²) in [6, 6.07) is 18.8. The second kappa shape index (κ2) is 7.80. The summed E-state index contributed by atoms with van der Waals surface area (Å²) in [4.78, 5) is 17.0. The Balaban J connectivity index is 1.44. The first kappa shape index (κ1) is 18.7. The molecule has 0 unspecified atom stereocenters. The fraction of sp³-hybridized carbons (Fsp3) is 0.167. The highest BCUT2D eigenvalue weighted by Crippen LogP contribution is 2.22. The van der Waals surface area contributed by atoms with Gasteiger partial charge in [-0.3, -0.25) is 4.79 Å². The molecule has 146 valence electrons. The van der Waals surface area contributed by atoms with Crippen molar-refractivity contribution in [3.8, 4) is 5.75 Å². The van der Waals surface area contributed by atoms with Crippen LogP contribution in [0.4, 0.5) is 5.69 Å². The van der Waals surface area contributed by atoms with Gasteiger partial charge in [-0.1, -0.05) is 12.1 Å². The van der Waals surface area contributed by atoms with Crippen LogP contribution in [0.25, 0.3) is 11.1 Å². The Morgan fingerprint density at radius 1 is 1.00 bits per heavy atom. The van der Waals surface area contributed by atoms with Crippen LogP contribution in [0, 0.1) is 13.8 Å². The Labute approximate surface area is 169 Å². The molecule has 0 saturated carbocycles. The first-order chi connectivity index (χ1) is 14.0. The van der Waals surface area contributed by atoms with Crippen LogP contribution in [-0.4, -0.2) is 18.0 Å². The first-order valence-electron chi connectivity index (χ1n) is 9.43. The summed E-state index contributed by atoms with van der Waals surface area (Å²) in [6.07, 6.45) is 0.597. The summed E-state index contributed by atoms with van der Waals surface area (Å²) >= 11 is 0. The SMILES string of the molecule is COc1ccc(C(=O)Nc2ccc(Cc3nc4cc(C)c(C)cc4o3)cc2)cc1. The van der Waals surface area contributed by atoms with E-state index in [9.17, 15) is 4.79 Å². The summed E-state index contributed by atoms with van der Waals surface area (Å²) in [5, 5.41) is 2.90. The van der Waals surface area contributed by atoms with Crippen LogP contribution in [0.3, 0.4) is 0 Å². The second-order valence-electron chi connectivity index (χ2n) is 7.07. The quantitative estimate of drug-likeness (QED) is 0.506. The molecular weight excluding hydrogens is 364 g/mol. The highest BCUT2D eigenvalue weighted by atomic mass is 16.5. The van der Waals surface area contributed by atoms with Gasteiger partial charge in [0.1, 0.15) is 11.3 Å². The summed E-state index contributed by atoms with van der Waals surface area (Å²) in [5.41, 5.74) is 6.46. The molecule has 29 heavy (non-hydrogen) atoms. The smallest absolute Gasteiger partial charge is 0.255 e. The predicted octanol–water partition coefficient (Wildman–Crippen LogP) is 5.30. The van der Waals surface area contributed by atoms with Gasteiger partial charge in [0.05, 0.1) is 7.11 Å². The van der Waals surface area contributed by atoms with Gasteiger partial charge in [-0.25, -0.2) is 4.98 Å². The van der Waals surface area contributed by atoms with E-state index < -0.39 is 0 Å². The van der Waals surface area contributed by atoms with Crippen molar-refractivity contribution in [3.63, 3.8) is 0 Å². The minimum Gasteiger partial charge on any atom is -0.497 e. The summed E-state index contributed by atoms with van der Waals surface area (Å²) < 4.78 is 11.0. The van der Waals surface area contributed by atoms with Crippen LogP contribution in [0.5, 0.6) is 5.75 Å². The van der Waals surface area contributed by atoms with Crippen molar-refractivity contribution in [3.05, 3.63) is 88.8 Å². The van der Waals surface area contributed by atoms with E-state index in [0.29, 0.717) is 17.9 Å². The largest absolute Gasteiger partial charge is 0.497 e. The molecule has 3 aromatic carbocycles. The zero-order valence-corrected chi connectivity index (χ0v) is 16.7. The van der Waals surface area contributed by atoms with Gasteiger partial charge in [0.15, 0.2) is 11.5 Å². The maximum atomic E-state index is 12.4. The van der Waals surface area contributed by atoms with Gasteiger partial charge in [-0.05, 0) is 79.1 Å². The number of hydrogen-bond donors (Lipinski definition) is 1. The third kappa shape index (κ3) is 4.14. The number of nitrogens with zero attached hydrogens (tertiary/aromatic N) is 1. The molecule has 1 aromatic heterocycles. The van der Waals surface area contributed by atoms with Gasteiger partial charge in [0, 0.05) is 17.7 Å². The number of amides is 1. The highest BCUT2D eigenvalue weighted by molar-refractivity contribution is 6.04. The normalized spacial score (nSPS) is 10.9. The maximum Gasteiger partial charge on any atom is 0.255 e. The molecule has 0 aliphatic heterocycles. The Hall–Kier alpha value is -3.60. The van der Waals surface area contributed by atoms with E-state index in [1.165, 1.54) is 11.1 Å². The molecular formula is C24H22N2O3. The number of anilines is 1. The lowest BCUT2D eigenvalue weighted by atomic mass is 10.1. The van der Waals surface area contributed by atoms with Crippen molar-refractivity contribution in [2.75, 3.05) is 12.4 Å². The number of carbonyl (C=O) groups is 1. The van der Waals surface area contributed by atoms with Gasteiger partial charge >= 0.3 is 0 Å². The number of carbonyl (C=O) groups excluding carboxylic acids is 1. The summed E-state index contributed by atoms with van der Waals surface area (Å²) in [5.74, 6) is 1.24. The summed E-state index contributed by atoms with van der Waals surface area (Å²) in [7, 11) is 1.60. The Bertz CT molecular complexity index is 1120. The van der Waals surface area contributed by atoms with E-state index in [1.807, 2.05) is 30.3 Å². The van der Waals surface area contributed by atoms with Crippen molar-refractivity contribution in [2.45, 2.75) is 20.3 Å². The molecule has 0 fully saturated rings. The van der Waals surface area contributed by atoms with E-state index in [4.69, 9.17) is 9.15 Å². The molecule has 5 nitrogen and oxygen atoms in total. The Morgan fingerprint density at radius 3 is 2.38 bits per heavy atom. The Morgan fingerprint density at radius 2 is 1.69 bits per heavy atom. The molecule has 0 aliphatic carbocycles. The topological polar surface area (TPSA) is 64.4 Å². The van der Waals surface area contributed by atoms with Gasteiger partial charge in [0.2, 0.25) is 0 Å². The summed E-state index contributed by atoms with van der Waals surface area (Å²) in [6.45, 7) is 4.14. The zero-order valence-electron chi connectivity index (χ0n) is 16.7. The number of benzene rings is 3. The maximum absolute atomic E-state index is 12.4. The lowest BCUT2D eigenvalue weighted by Crippen LogP contribution is -2.11. The lowest BCUT2D eigenvalue weighted by molar-refractivity contribution is 0.102. The molecule has 0 spiro atoms. The van der Waals surface area contributed by atoms with Crippen LogP contribution in [0.15, 0.2) is 65.1 Å². The number of ether oxygens (including phenoxy) is 1. The van der Waals surface area contributed by atoms with E-state index in [1.54, 1.807) is 31.4 Å². The van der Waals surface area contributed by atoms with Gasteiger partial charge in [0.25, 0.3) is 5.91 Å². The minimum atomic E-state index is -0.162. The fourth-order valence-electron chi connectivity index (χ4n) is 3.13. The highest BCUT2D eigenvalue weighted by Gasteiger charge is 2.10. The number of methoxy groups -OCH3 is 1. The molecule has 0 bridgehead atoms. The molecule has 1 heterocycles. The molecule has 5 heteroatoms. The number of fused-ring (bicyclic) bond motifs is 1. The number of nitrogens with one attached hydrogen (secondary N) is 1. The number of oxazole rings is 1. The number of rotatable bonds is 5. The van der Waals surface area contributed by atoms with Crippen molar-refractivity contribution in [2.24, 2.45) is 0 Å². The number of aromatic nitrogens is 1. The molecule has 4 aromatic rings. The Kier molecular flexibility index (Phi) is 5.04. The zero-order chi connectivity index (χ0) is 20.4. The van der Waals surface area contributed by atoms with E-state index in [2.05, 4.69) is 30.2 Å². The molecule has 1 N–H and O–H groups in total. The third-order valence-corrected chi connectivity index (χ3v) is 4.97. The van der Waals surface area contributed by atoms with E-state index in [-0.39, 0.29) is 5.91 Å². The fourth-order valence-corrected chi connectivity index (χ4v) is 3.13. The molecule has 0 aliphatic rings. The molecule has 0 atom stereocenters. The van der Waals surface area contributed by atoms with Crippen molar-refractivity contribution in [1.82, 2.24) is 4.98 Å². The average molecular weight is 386 g/mol. The van der Waals surface area contributed by atoms with Crippen molar-refractivity contribution < 1.29 is 13.9 Å². The van der Waals surface area contributed by atoms with Gasteiger partial charge < -0.3 is 14.5 Å². The first-order valence-corrected chi connectivity index (χ1v) is 9.43. The third-order valence-electron chi connectivity index (χ3n) is 4.97. The lowest BCUT2D eigenvalue weighted by Gasteiger charge is -2.07. The minimum absolute atomic E-state index is 0.162. The average Bonchev–Trinajstić information content (AvgIpc) is 3.10. The van der Waals surface area contributed by atoms with Gasteiger partial charge in [-0.15, -0.1) is 0 Å². The molecule has 1 amide bonds. The standard InChI is InChI=1S/C24H22N2O3/c1-15-12-21-22(13-16(15)2)29-23(26-21)14-17-4-8-19(9-5-17)25-24(27)18-6-10-20(28-3)11-7-18/h4-13H,14H2,1-3H3,(H,25,27). The molecule has 0 saturated heterocycles. The van der Waals surface area contributed by atoms with Crippen molar-refractivity contribution in [1.29, 1.82) is 0 Å². The van der Waals surface area contributed by atoms with Gasteiger partial charge in [-0.2, -0.15) is 0 Å². The van der Waals surface area contributed by atoms with E-state index in [0.717, 1.165) is 28.1 Å². The van der Waals surface area contributed by atoms with Crippen molar-refractivity contribution >= 4 is 22.7 Å². The predicted molar refractivity (Wildman–Crippen MR) is 114 cm³/mol. The van der Waals surface area contributed by atoms with Crippen LogP contribution in [-0.2, 0) is 6.42 Å². The van der Waals surface area contributed by atoms with Crippen LogP contribution >= 0.6 is 0 Å². The van der Waals surface area contributed by atoms with Crippen LogP contribution < -0.4 is 10.1 Å². The second-order valence-corrected chi connectivity index (χ2v) is 7.07. The van der Waals surface area contributed by atoms with E-state index >= 15 is 0 Å². The van der Waals surface area contributed by atoms with Crippen LogP contribution in [0.1, 0.15) is 32.9 Å². The molecule has 0 radical (unpaired) electrons. The van der Waals surface area contributed by atoms with Crippen LogP contribution in [0.2, 0.25) is 0 Å². The molecule has 4 rings (SSSR count). The number of hydrogen-bond acceptors (Lipinski definition) is 4.